The lowest BCUT2D eigenvalue weighted by Gasteiger charge is -2.25. The van der Waals surface area contributed by atoms with Gasteiger partial charge in [0.05, 0.1) is 6.61 Å². The van der Waals surface area contributed by atoms with Crippen LogP contribution in [0.5, 0.6) is 0 Å². The number of unbranched alkanes of at least 4 members (excludes halogenated alkanes) is 10. The number of carbonyl (C=O) groups is 1. The number of rotatable bonds is 16. The fourth-order valence-corrected chi connectivity index (χ4v) is 2.64. The summed E-state index contributed by atoms with van der Waals surface area (Å²) in [5.74, 6) is -0.924. The Bertz CT molecular complexity index is 274. The van der Waals surface area contributed by atoms with Gasteiger partial charge in [-0.15, -0.1) is 0 Å². The highest BCUT2D eigenvalue weighted by Crippen LogP contribution is 2.15. The van der Waals surface area contributed by atoms with E-state index in [0.717, 1.165) is 19.3 Å². The molecule has 0 N–H and O–H groups in total. The minimum atomic E-state index is -0.787. The van der Waals surface area contributed by atoms with Crippen LogP contribution in [0.25, 0.3) is 0 Å². The second kappa shape index (κ2) is 15.0. The molecule has 0 amide bonds. The van der Waals surface area contributed by atoms with E-state index in [1.165, 1.54) is 57.8 Å². The van der Waals surface area contributed by atoms with Crippen molar-refractivity contribution in [1.82, 2.24) is 0 Å². The number of hydrogen-bond donors (Lipinski definition) is 0. The first-order chi connectivity index (χ1) is 11.0. The van der Waals surface area contributed by atoms with Crippen LogP contribution >= 0.6 is 0 Å². The van der Waals surface area contributed by atoms with Gasteiger partial charge in [0.25, 0.3) is 0 Å². The van der Waals surface area contributed by atoms with Gasteiger partial charge in [0.15, 0.2) is 0 Å². The van der Waals surface area contributed by atoms with Gasteiger partial charge in [0.1, 0.15) is 0 Å². The number of esters is 1. The molecule has 3 heteroatoms. The van der Waals surface area contributed by atoms with Crippen molar-refractivity contribution < 1.29 is 14.3 Å². The van der Waals surface area contributed by atoms with Crippen LogP contribution in [0, 0.1) is 0 Å². The molecule has 0 heterocycles. The Labute approximate surface area is 144 Å². The molecule has 0 aromatic rings. The van der Waals surface area contributed by atoms with Crippen molar-refractivity contribution in [2.24, 2.45) is 0 Å². The van der Waals surface area contributed by atoms with E-state index in [-0.39, 0.29) is 5.97 Å². The van der Waals surface area contributed by atoms with Crippen LogP contribution in [0.2, 0.25) is 0 Å². The fourth-order valence-electron chi connectivity index (χ4n) is 2.64. The zero-order valence-electron chi connectivity index (χ0n) is 16.1. The van der Waals surface area contributed by atoms with Gasteiger partial charge < -0.3 is 9.47 Å². The maximum absolute atomic E-state index is 11.8. The van der Waals surface area contributed by atoms with Gasteiger partial charge in [-0.3, -0.25) is 4.79 Å². The molecule has 0 fully saturated rings. The second-order valence-electron chi connectivity index (χ2n) is 7.01. The highest BCUT2D eigenvalue weighted by Gasteiger charge is 2.22. The number of ether oxygens (including phenoxy) is 2. The molecule has 0 bridgehead atoms. The molecule has 0 spiro atoms. The van der Waals surface area contributed by atoms with Crippen LogP contribution in [0.1, 0.15) is 111 Å². The van der Waals surface area contributed by atoms with E-state index < -0.39 is 5.79 Å². The topological polar surface area (TPSA) is 35.5 Å². The molecule has 23 heavy (non-hydrogen) atoms. The van der Waals surface area contributed by atoms with Crippen molar-refractivity contribution in [2.75, 3.05) is 6.61 Å². The summed E-state index contributed by atoms with van der Waals surface area (Å²) in [6.07, 6.45) is 15.6. The monoisotopic (exact) mass is 328 g/mol. The van der Waals surface area contributed by atoms with Gasteiger partial charge in [0, 0.05) is 20.3 Å². The lowest BCUT2D eigenvalue weighted by Crippen LogP contribution is -2.31. The predicted octanol–water partition coefficient (Wildman–Crippen LogP) is 6.39. The van der Waals surface area contributed by atoms with Crippen molar-refractivity contribution in [3.05, 3.63) is 0 Å². The Hall–Kier alpha value is -0.570. The Morgan fingerprint density at radius 3 is 1.70 bits per heavy atom. The van der Waals surface area contributed by atoms with Crippen LogP contribution in [-0.4, -0.2) is 18.4 Å². The van der Waals surface area contributed by atoms with Crippen molar-refractivity contribution in [1.29, 1.82) is 0 Å². The molecule has 0 radical (unpaired) electrons. The van der Waals surface area contributed by atoms with Gasteiger partial charge in [-0.05, 0) is 12.8 Å². The first-order valence-corrected chi connectivity index (χ1v) is 9.87. The zero-order chi connectivity index (χ0) is 17.4. The van der Waals surface area contributed by atoms with Crippen molar-refractivity contribution >= 4 is 5.97 Å². The molecule has 0 aliphatic rings. The van der Waals surface area contributed by atoms with E-state index >= 15 is 0 Å². The molecular formula is C20H40O3. The normalized spacial score (nSPS) is 11.7. The van der Waals surface area contributed by atoms with E-state index in [4.69, 9.17) is 9.47 Å². The summed E-state index contributed by atoms with van der Waals surface area (Å²) in [4.78, 5) is 11.8. The lowest BCUT2D eigenvalue weighted by molar-refractivity contribution is -0.215. The summed E-state index contributed by atoms with van der Waals surface area (Å²) in [6, 6.07) is 0. The average molecular weight is 329 g/mol. The Morgan fingerprint density at radius 2 is 1.22 bits per heavy atom. The summed E-state index contributed by atoms with van der Waals surface area (Å²) in [6.45, 7) is 8.54. The zero-order valence-corrected chi connectivity index (χ0v) is 16.1. The maximum atomic E-state index is 11.8. The Morgan fingerprint density at radius 1 is 0.739 bits per heavy atom. The Kier molecular flexibility index (Phi) is 14.6. The van der Waals surface area contributed by atoms with Crippen LogP contribution < -0.4 is 0 Å². The molecule has 0 aliphatic heterocycles. The lowest BCUT2D eigenvalue weighted by atomic mass is 10.1. The SMILES string of the molecule is CCCCCCCCCCCCCC(=O)OC(C)(C)OCCC. The van der Waals surface area contributed by atoms with Gasteiger partial charge in [-0.25, -0.2) is 0 Å². The third-order valence-electron chi connectivity index (χ3n) is 4.00. The third-order valence-corrected chi connectivity index (χ3v) is 4.00. The molecule has 0 aromatic carbocycles. The first kappa shape index (κ1) is 22.4. The highest BCUT2D eigenvalue weighted by atomic mass is 16.7. The fraction of sp³-hybridized carbons (Fsp3) is 0.950. The smallest absolute Gasteiger partial charge is 0.308 e. The van der Waals surface area contributed by atoms with Crippen molar-refractivity contribution in [2.45, 2.75) is 117 Å². The average Bonchev–Trinajstić information content (AvgIpc) is 2.50. The van der Waals surface area contributed by atoms with Crippen molar-refractivity contribution in [3.8, 4) is 0 Å². The minimum absolute atomic E-state index is 0.137. The van der Waals surface area contributed by atoms with Crippen LogP contribution in [0.15, 0.2) is 0 Å². The predicted molar refractivity (Wildman–Crippen MR) is 97.5 cm³/mol. The van der Waals surface area contributed by atoms with Gasteiger partial charge in [0.2, 0.25) is 5.79 Å². The van der Waals surface area contributed by atoms with Gasteiger partial charge in [-0.2, -0.15) is 0 Å². The molecule has 0 unspecified atom stereocenters. The van der Waals surface area contributed by atoms with Gasteiger partial charge >= 0.3 is 5.97 Å². The van der Waals surface area contributed by atoms with E-state index in [2.05, 4.69) is 6.92 Å². The molecule has 138 valence electrons. The second-order valence-corrected chi connectivity index (χ2v) is 7.01. The molecular weight excluding hydrogens is 288 g/mol. The quantitative estimate of drug-likeness (QED) is 0.187. The molecule has 0 rings (SSSR count). The summed E-state index contributed by atoms with van der Waals surface area (Å²) < 4.78 is 10.9. The Balaban J connectivity index is 3.38. The van der Waals surface area contributed by atoms with Gasteiger partial charge in [-0.1, -0.05) is 78.1 Å². The molecule has 0 aliphatic carbocycles. The maximum Gasteiger partial charge on any atom is 0.308 e. The number of carbonyl (C=O) groups excluding carboxylic acids is 1. The summed E-state index contributed by atoms with van der Waals surface area (Å²) in [5, 5.41) is 0. The van der Waals surface area contributed by atoms with Crippen LogP contribution in [0.4, 0.5) is 0 Å². The third kappa shape index (κ3) is 16.1. The highest BCUT2D eigenvalue weighted by molar-refractivity contribution is 5.69. The molecule has 0 aromatic heterocycles. The molecule has 0 atom stereocenters. The molecule has 0 saturated heterocycles. The van der Waals surface area contributed by atoms with E-state index in [1.54, 1.807) is 13.8 Å². The summed E-state index contributed by atoms with van der Waals surface area (Å²) >= 11 is 0. The largest absolute Gasteiger partial charge is 0.434 e. The van der Waals surface area contributed by atoms with Crippen LogP contribution in [-0.2, 0) is 14.3 Å². The first-order valence-electron chi connectivity index (χ1n) is 9.87. The molecule has 3 nitrogen and oxygen atoms in total. The standard InChI is InChI=1S/C20H40O3/c1-5-7-8-9-10-11-12-13-14-15-16-17-19(21)23-20(3,4)22-18-6-2/h5-18H2,1-4H3. The van der Waals surface area contributed by atoms with E-state index in [1.807, 2.05) is 6.92 Å². The molecule has 0 saturated carbocycles. The summed E-state index contributed by atoms with van der Waals surface area (Å²) in [5.41, 5.74) is 0. The summed E-state index contributed by atoms with van der Waals surface area (Å²) in [7, 11) is 0. The van der Waals surface area contributed by atoms with E-state index in [0.29, 0.717) is 13.0 Å². The number of hydrogen-bond acceptors (Lipinski definition) is 3. The minimum Gasteiger partial charge on any atom is -0.434 e. The van der Waals surface area contributed by atoms with Crippen LogP contribution in [0.3, 0.4) is 0 Å². The van der Waals surface area contributed by atoms with E-state index in [9.17, 15) is 4.79 Å². The van der Waals surface area contributed by atoms with Crippen molar-refractivity contribution in [3.63, 3.8) is 0 Å².